The predicted molar refractivity (Wildman–Crippen MR) is 59.6 cm³/mol. The van der Waals surface area contributed by atoms with Gasteiger partial charge in [0.15, 0.2) is 0 Å². The predicted octanol–water partition coefficient (Wildman–Crippen LogP) is 1.42. The zero-order valence-electron chi connectivity index (χ0n) is 8.91. The molecule has 1 rings (SSSR count). The maximum Gasteiger partial charge on any atom is 0.221 e. The second kappa shape index (κ2) is 6.30. The lowest BCUT2D eigenvalue weighted by atomic mass is 10.1. The van der Waals surface area contributed by atoms with Crippen LogP contribution in [0.25, 0.3) is 0 Å². The highest BCUT2D eigenvalue weighted by atomic mass is 32.2. The molecule has 1 aliphatic heterocycles. The fourth-order valence-corrected chi connectivity index (χ4v) is 2.00. The first-order chi connectivity index (χ1) is 6.74. The molecule has 1 heterocycles. The van der Waals surface area contributed by atoms with E-state index in [0.29, 0.717) is 6.42 Å². The van der Waals surface area contributed by atoms with E-state index in [-0.39, 0.29) is 18.1 Å². The topological polar surface area (TPSA) is 38.3 Å². The number of ether oxygens (including phenoxy) is 1. The van der Waals surface area contributed by atoms with Gasteiger partial charge < -0.3 is 10.1 Å². The van der Waals surface area contributed by atoms with E-state index in [1.165, 1.54) is 0 Å². The van der Waals surface area contributed by atoms with Gasteiger partial charge in [-0.3, -0.25) is 4.79 Å². The van der Waals surface area contributed by atoms with Crippen molar-refractivity contribution < 1.29 is 9.53 Å². The summed E-state index contributed by atoms with van der Waals surface area (Å²) >= 11 is 1.70. The third-order valence-corrected chi connectivity index (χ3v) is 3.06. The first-order valence-electron chi connectivity index (χ1n) is 5.14. The monoisotopic (exact) mass is 217 g/mol. The summed E-state index contributed by atoms with van der Waals surface area (Å²) in [7, 11) is 0. The fraction of sp³-hybridized carbons (Fsp3) is 0.900. The maximum absolute atomic E-state index is 11.4. The van der Waals surface area contributed by atoms with Gasteiger partial charge >= 0.3 is 0 Å². The highest BCUT2D eigenvalue weighted by Gasteiger charge is 2.23. The van der Waals surface area contributed by atoms with E-state index in [9.17, 15) is 4.79 Å². The number of amides is 1. The van der Waals surface area contributed by atoms with Crippen LogP contribution in [0.3, 0.4) is 0 Å². The zero-order chi connectivity index (χ0) is 10.4. The minimum Gasteiger partial charge on any atom is -0.376 e. The Labute approximate surface area is 90.0 Å². The number of carbonyl (C=O) groups excluding carboxylic acids is 1. The second-order valence-electron chi connectivity index (χ2n) is 3.65. The molecule has 2 atom stereocenters. The van der Waals surface area contributed by atoms with Crippen LogP contribution >= 0.6 is 11.8 Å². The lowest BCUT2D eigenvalue weighted by Gasteiger charge is -2.19. The molecule has 0 aromatic rings. The summed E-state index contributed by atoms with van der Waals surface area (Å²) in [6.45, 7) is 2.86. The minimum atomic E-state index is 0.141. The van der Waals surface area contributed by atoms with Gasteiger partial charge in [0, 0.05) is 18.8 Å². The Bertz CT molecular complexity index is 181. The summed E-state index contributed by atoms with van der Waals surface area (Å²) < 4.78 is 5.50. The molecule has 0 aromatic heterocycles. The van der Waals surface area contributed by atoms with Crippen LogP contribution in [0.4, 0.5) is 0 Å². The molecule has 0 aliphatic carbocycles. The molecular formula is C10H19NO2S. The molecule has 0 radical (unpaired) electrons. The van der Waals surface area contributed by atoms with Crippen molar-refractivity contribution >= 4 is 17.7 Å². The summed E-state index contributed by atoms with van der Waals surface area (Å²) in [4.78, 5) is 11.4. The highest BCUT2D eigenvalue weighted by molar-refractivity contribution is 7.98. The van der Waals surface area contributed by atoms with Gasteiger partial charge in [0.05, 0.1) is 12.1 Å². The van der Waals surface area contributed by atoms with Gasteiger partial charge in [-0.05, 0) is 26.0 Å². The molecule has 4 heteroatoms. The Hall–Kier alpha value is -0.220. The highest BCUT2D eigenvalue weighted by Crippen LogP contribution is 2.15. The largest absolute Gasteiger partial charge is 0.376 e. The quantitative estimate of drug-likeness (QED) is 0.757. The van der Waals surface area contributed by atoms with Crippen molar-refractivity contribution in [1.82, 2.24) is 5.32 Å². The zero-order valence-corrected chi connectivity index (χ0v) is 9.73. The van der Waals surface area contributed by atoms with Crippen LogP contribution in [0.2, 0.25) is 0 Å². The smallest absolute Gasteiger partial charge is 0.221 e. The average Bonchev–Trinajstić information content (AvgIpc) is 2.67. The average molecular weight is 217 g/mol. The summed E-state index contributed by atoms with van der Waals surface area (Å²) in [5, 5.41) is 2.98. The summed E-state index contributed by atoms with van der Waals surface area (Å²) in [6, 6.07) is 0.159. The van der Waals surface area contributed by atoms with Crippen LogP contribution in [0.1, 0.15) is 26.2 Å². The molecule has 1 aliphatic rings. The van der Waals surface area contributed by atoms with Gasteiger partial charge in [-0.15, -0.1) is 0 Å². The number of thioether (sulfide) groups is 1. The van der Waals surface area contributed by atoms with Crippen molar-refractivity contribution in [1.29, 1.82) is 0 Å². The Morgan fingerprint density at radius 3 is 3.07 bits per heavy atom. The van der Waals surface area contributed by atoms with Crippen LogP contribution in [-0.4, -0.2) is 36.7 Å². The van der Waals surface area contributed by atoms with Crippen LogP contribution in [-0.2, 0) is 9.53 Å². The van der Waals surface area contributed by atoms with Crippen molar-refractivity contribution in [2.45, 2.75) is 38.3 Å². The van der Waals surface area contributed by atoms with E-state index >= 15 is 0 Å². The molecule has 1 saturated heterocycles. The summed E-state index contributed by atoms with van der Waals surface area (Å²) in [5.74, 6) is 1.03. The fourth-order valence-electron chi connectivity index (χ4n) is 1.61. The van der Waals surface area contributed by atoms with Crippen molar-refractivity contribution in [2.75, 3.05) is 18.6 Å². The number of hydrogen-bond acceptors (Lipinski definition) is 3. The molecule has 82 valence electrons. The molecule has 3 nitrogen and oxygen atoms in total. The minimum absolute atomic E-state index is 0.141. The molecule has 1 N–H and O–H groups in total. The summed E-state index contributed by atoms with van der Waals surface area (Å²) in [6.07, 6.45) is 5.04. The van der Waals surface area contributed by atoms with Gasteiger partial charge in [-0.2, -0.15) is 11.8 Å². The molecule has 0 bridgehead atoms. The van der Waals surface area contributed by atoms with E-state index in [0.717, 1.165) is 25.2 Å². The van der Waals surface area contributed by atoms with Crippen molar-refractivity contribution in [3.05, 3.63) is 0 Å². The molecule has 1 fully saturated rings. The van der Waals surface area contributed by atoms with Gasteiger partial charge in [-0.25, -0.2) is 0 Å². The van der Waals surface area contributed by atoms with Gasteiger partial charge in [0.2, 0.25) is 5.91 Å². The first kappa shape index (κ1) is 11.9. The van der Waals surface area contributed by atoms with Crippen LogP contribution in [0, 0.1) is 0 Å². The van der Waals surface area contributed by atoms with Crippen molar-refractivity contribution in [2.24, 2.45) is 0 Å². The standard InChI is InChI=1S/C10H19NO2S/c1-8(9-4-3-6-13-9)11-10(12)5-7-14-2/h8-9H,3-7H2,1-2H3,(H,11,12)/t8-,9+/m1/s1. The number of nitrogens with one attached hydrogen (secondary N) is 1. The molecule has 0 spiro atoms. The molecule has 0 saturated carbocycles. The van der Waals surface area contributed by atoms with Crippen LogP contribution in [0.5, 0.6) is 0 Å². The Kier molecular flexibility index (Phi) is 5.33. The number of hydrogen-bond donors (Lipinski definition) is 1. The van der Waals surface area contributed by atoms with Crippen molar-refractivity contribution in [3.8, 4) is 0 Å². The second-order valence-corrected chi connectivity index (χ2v) is 4.64. The molecule has 1 amide bonds. The molecule has 0 aromatic carbocycles. The van der Waals surface area contributed by atoms with Gasteiger partial charge in [-0.1, -0.05) is 0 Å². The third-order valence-electron chi connectivity index (χ3n) is 2.44. The third kappa shape index (κ3) is 3.88. The van der Waals surface area contributed by atoms with E-state index in [4.69, 9.17) is 4.74 Å². The van der Waals surface area contributed by atoms with E-state index in [1.54, 1.807) is 11.8 Å². The van der Waals surface area contributed by atoms with Crippen molar-refractivity contribution in [3.63, 3.8) is 0 Å². The lowest BCUT2D eigenvalue weighted by molar-refractivity contribution is -0.122. The van der Waals surface area contributed by atoms with E-state index in [2.05, 4.69) is 5.32 Å². The number of carbonyl (C=O) groups is 1. The molecular weight excluding hydrogens is 198 g/mol. The Morgan fingerprint density at radius 2 is 2.50 bits per heavy atom. The summed E-state index contributed by atoms with van der Waals surface area (Å²) in [5.41, 5.74) is 0. The first-order valence-corrected chi connectivity index (χ1v) is 6.53. The van der Waals surface area contributed by atoms with Crippen LogP contribution in [0.15, 0.2) is 0 Å². The molecule has 14 heavy (non-hydrogen) atoms. The SMILES string of the molecule is CSCCC(=O)N[C@H](C)[C@@H]1CCCO1. The van der Waals surface area contributed by atoms with E-state index < -0.39 is 0 Å². The molecule has 0 unspecified atom stereocenters. The lowest BCUT2D eigenvalue weighted by Crippen LogP contribution is -2.40. The van der Waals surface area contributed by atoms with Crippen LogP contribution < -0.4 is 5.32 Å². The normalized spacial score (nSPS) is 23.4. The number of rotatable bonds is 5. The Morgan fingerprint density at radius 1 is 1.71 bits per heavy atom. The Balaban J connectivity index is 2.18. The van der Waals surface area contributed by atoms with Gasteiger partial charge in [0.25, 0.3) is 0 Å². The maximum atomic E-state index is 11.4. The van der Waals surface area contributed by atoms with E-state index in [1.807, 2.05) is 13.2 Å². The van der Waals surface area contributed by atoms with Gasteiger partial charge in [0.1, 0.15) is 0 Å².